The summed E-state index contributed by atoms with van der Waals surface area (Å²) >= 11 is 0. The van der Waals surface area contributed by atoms with Gasteiger partial charge in [0.2, 0.25) is 0 Å². The molecule has 10 atom stereocenters. The number of hydrogen-bond acceptors (Lipinski definition) is 5. The molecule has 5 nitrogen and oxygen atoms in total. The summed E-state index contributed by atoms with van der Waals surface area (Å²) in [6, 6.07) is 2.02. The minimum Gasteiger partial charge on any atom is -0.472 e. The zero-order chi connectivity index (χ0) is 22.7. The van der Waals surface area contributed by atoms with Crippen molar-refractivity contribution in [3.8, 4) is 0 Å². The van der Waals surface area contributed by atoms with Crippen molar-refractivity contribution in [3.63, 3.8) is 0 Å². The van der Waals surface area contributed by atoms with E-state index in [4.69, 9.17) is 13.9 Å². The summed E-state index contributed by atoms with van der Waals surface area (Å²) in [5.41, 5.74) is 0.273. The van der Waals surface area contributed by atoms with Crippen molar-refractivity contribution in [2.45, 2.75) is 90.4 Å². The van der Waals surface area contributed by atoms with Crippen molar-refractivity contribution in [2.24, 2.45) is 39.4 Å². The average molecular weight is 443 g/mol. The molecule has 176 valence electrons. The standard InChI is InChI=1S/C27H38O5/c1-23-10-6-11-25(3,22(29)30-5)18(23)7-12-24(2)17(23)8-13-26(4)20(24)19(28)21-27(26,32-21)16-9-14-31-15-16/h9,14-15,17-21,28H,6-8,10-13H2,1-5H3/t17?,18?,19-,20-,21+,23-,24-,25+,26+,27+/m1/s1. The summed E-state index contributed by atoms with van der Waals surface area (Å²) in [6.45, 7) is 9.41. The Morgan fingerprint density at radius 1 is 1.06 bits per heavy atom. The highest BCUT2D eigenvalue weighted by Crippen LogP contribution is 2.80. The molecular formula is C27H38O5. The van der Waals surface area contributed by atoms with Crippen LogP contribution in [-0.2, 0) is 19.9 Å². The minimum absolute atomic E-state index is 0.0273. The molecule has 0 spiro atoms. The zero-order valence-electron chi connectivity index (χ0n) is 20.1. The van der Waals surface area contributed by atoms with Crippen LogP contribution >= 0.6 is 0 Å². The SMILES string of the molecule is COC(=O)[C@@]1(C)CCC[C@@]2(C)C1CC[C@]1(C)C2CC[C@@]2(C)[C@@H]1[C@@H](O)[C@@H]1O[C@@]12c1ccoc1. The lowest BCUT2D eigenvalue weighted by Gasteiger charge is -2.68. The van der Waals surface area contributed by atoms with Crippen LogP contribution in [-0.4, -0.2) is 30.4 Å². The second-order valence-corrected chi connectivity index (χ2v) is 12.6. The van der Waals surface area contributed by atoms with Crippen LogP contribution in [0.4, 0.5) is 0 Å². The average Bonchev–Trinajstić information content (AvgIpc) is 3.20. The van der Waals surface area contributed by atoms with E-state index in [2.05, 4.69) is 27.7 Å². The Hall–Kier alpha value is -1.33. The minimum atomic E-state index is -0.460. The first-order chi connectivity index (χ1) is 15.1. The van der Waals surface area contributed by atoms with Crippen LogP contribution < -0.4 is 0 Å². The molecule has 2 unspecified atom stereocenters. The van der Waals surface area contributed by atoms with Crippen molar-refractivity contribution in [1.29, 1.82) is 0 Å². The Morgan fingerprint density at radius 3 is 2.50 bits per heavy atom. The molecule has 5 aliphatic rings. The van der Waals surface area contributed by atoms with Gasteiger partial charge in [-0.05, 0) is 74.2 Å². The molecule has 5 fully saturated rings. The van der Waals surface area contributed by atoms with Crippen LogP contribution in [0, 0.1) is 39.4 Å². The highest BCUT2D eigenvalue weighted by molar-refractivity contribution is 5.77. The number of carbonyl (C=O) groups excluding carboxylic acids is 1. The van der Waals surface area contributed by atoms with E-state index in [1.165, 1.54) is 7.11 Å². The first-order valence-electron chi connectivity index (χ1n) is 12.6. The lowest BCUT2D eigenvalue weighted by Crippen LogP contribution is -2.64. The van der Waals surface area contributed by atoms with Gasteiger partial charge in [0.1, 0.15) is 11.7 Å². The summed E-state index contributed by atoms with van der Waals surface area (Å²) < 4.78 is 17.1. The highest BCUT2D eigenvalue weighted by Gasteiger charge is 2.84. The van der Waals surface area contributed by atoms with E-state index in [0.717, 1.165) is 50.5 Å². The van der Waals surface area contributed by atoms with Gasteiger partial charge in [-0.25, -0.2) is 0 Å². The highest BCUT2D eigenvalue weighted by atomic mass is 16.6. The van der Waals surface area contributed by atoms with E-state index in [1.54, 1.807) is 6.26 Å². The number of aliphatic hydroxyl groups excluding tert-OH is 1. The van der Waals surface area contributed by atoms with E-state index in [-0.39, 0.29) is 34.2 Å². The van der Waals surface area contributed by atoms with Crippen molar-refractivity contribution < 1.29 is 23.8 Å². The molecule has 1 aromatic heterocycles. The van der Waals surface area contributed by atoms with Gasteiger partial charge in [0.05, 0.1) is 31.2 Å². The number of epoxide rings is 1. The molecule has 4 aliphatic carbocycles. The number of esters is 1. The quantitative estimate of drug-likeness (QED) is 0.512. The van der Waals surface area contributed by atoms with E-state index >= 15 is 0 Å². The monoisotopic (exact) mass is 442 g/mol. The molecule has 6 rings (SSSR count). The number of ether oxygens (including phenoxy) is 2. The molecular weight excluding hydrogens is 404 g/mol. The molecule has 2 heterocycles. The maximum Gasteiger partial charge on any atom is 0.311 e. The van der Waals surface area contributed by atoms with Gasteiger partial charge in [-0.1, -0.05) is 27.2 Å². The number of methoxy groups -OCH3 is 1. The van der Waals surface area contributed by atoms with Crippen LogP contribution in [0.2, 0.25) is 0 Å². The zero-order valence-corrected chi connectivity index (χ0v) is 20.1. The number of fused-ring (bicyclic) bond motifs is 7. The van der Waals surface area contributed by atoms with E-state index in [1.807, 2.05) is 12.3 Å². The van der Waals surface area contributed by atoms with Crippen LogP contribution in [0.1, 0.15) is 78.2 Å². The lowest BCUT2D eigenvalue weighted by molar-refractivity contribution is -0.225. The number of carbonyl (C=O) groups is 1. The summed E-state index contributed by atoms with van der Waals surface area (Å²) in [6.07, 6.45) is 10.3. The normalized spacial score (nSPS) is 55.9. The maximum atomic E-state index is 12.9. The van der Waals surface area contributed by atoms with Crippen LogP contribution in [0.5, 0.6) is 0 Å². The third-order valence-electron chi connectivity index (χ3n) is 11.6. The number of furan rings is 1. The van der Waals surface area contributed by atoms with Gasteiger partial charge in [0, 0.05) is 16.9 Å². The van der Waals surface area contributed by atoms with Gasteiger partial charge in [0.15, 0.2) is 0 Å². The molecule has 1 aliphatic heterocycles. The molecule has 0 radical (unpaired) electrons. The third kappa shape index (κ3) is 2.12. The van der Waals surface area contributed by atoms with Crippen molar-refractivity contribution in [3.05, 3.63) is 24.2 Å². The molecule has 0 aromatic carbocycles. The molecule has 4 saturated carbocycles. The number of rotatable bonds is 2. The molecule has 1 aromatic rings. The summed E-state index contributed by atoms with van der Waals surface area (Å²) in [7, 11) is 1.54. The second-order valence-electron chi connectivity index (χ2n) is 12.6. The molecule has 32 heavy (non-hydrogen) atoms. The smallest absolute Gasteiger partial charge is 0.311 e. The van der Waals surface area contributed by atoms with E-state index in [9.17, 15) is 9.90 Å². The molecule has 1 saturated heterocycles. The molecule has 0 bridgehead atoms. The van der Waals surface area contributed by atoms with Gasteiger partial charge in [-0.2, -0.15) is 0 Å². The van der Waals surface area contributed by atoms with Crippen LogP contribution in [0.25, 0.3) is 0 Å². The largest absolute Gasteiger partial charge is 0.472 e. The fourth-order valence-electron chi connectivity index (χ4n) is 10.5. The van der Waals surface area contributed by atoms with E-state index < -0.39 is 17.1 Å². The van der Waals surface area contributed by atoms with Crippen molar-refractivity contribution in [2.75, 3.05) is 7.11 Å². The van der Waals surface area contributed by atoms with Crippen LogP contribution in [0.15, 0.2) is 23.0 Å². The number of aliphatic hydroxyl groups is 1. The fraction of sp³-hybridized carbons (Fsp3) is 0.815. The van der Waals surface area contributed by atoms with Gasteiger partial charge in [-0.3, -0.25) is 4.79 Å². The third-order valence-corrected chi connectivity index (χ3v) is 11.6. The van der Waals surface area contributed by atoms with E-state index in [0.29, 0.717) is 11.8 Å². The van der Waals surface area contributed by atoms with Gasteiger partial charge in [0.25, 0.3) is 0 Å². The summed E-state index contributed by atoms with van der Waals surface area (Å²) in [5.74, 6) is 0.981. The van der Waals surface area contributed by atoms with Crippen LogP contribution in [0.3, 0.4) is 0 Å². The van der Waals surface area contributed by atoms with Gasteiger partial charge < -0.3 is 19.0 Å². The Bertz CT molecular complexity index is 942. The Labute approximate surface area is 191 Å². The summed E-state index contributed by atoms with van der Waals surface area (Å²) in [5, 5.41) is 11.6. The topological polar surface area (TPSA) is 72.2 Å². The molecule has 0 amide bonds. The van der Waals surface area contributed by atoms with Crippen molar-refractivity contribution in [1.82, 2.24) is 0 Å². The molecule has 5 heteroatoms. The Balaban J connectivity index is 1.41. The first-order valence-corrected chi connectivity index (χ1v) is 12.6. The predicted molar refractivity (Wildman–Crippen MR) is 118 cm³/mol. The maximum absolute atomic E-state index is 12.9. The number of hydrogen-bond donors (Lipinski definition) is 1. The lowest BCUT2D eigenvalue weighted by atomic mass is 9.36. The first kappa shape index (κ1) is 21.2. The fourth-order valence-corrected chi connectivity index (χ4v) is 10.5. The predicted octanol–water partition coefficient (Wildman–Crippen LogP) is 5.07. The second kappa shape index (κ2) is 6.21. The van der Waals surface area contributed by atoms with Gasteiger partial charge in [-0.15, -0.1) is 0 Å². The Morgan fingerprint density at radius 2 is 1.81 bits per heavy atom. The van der Waals surface area contributed by atoms with Gasteiger partial charge >= 0.3 is 5.97 Å². The summed E-state index contributed by atoms with van der Waals surface area (Å²) in [4.78, 5) is 12.9. The molecule has 1 N–H and O–H groups in total. The Kier molecular flexibility index (Phi) is 4.12. The van der Waals surface area contributed by atoms with Crippen molar-refractivity contribution >= 4 is 5.97 Å².